The van der Waals surface area contributed by atoms with Gasteiger partial charge in [0, 0.05) is 24.3 Å². The van der Waals surface area contributed by atoms with Crippen molar-refractivity contribution in [2.45, 2.75) is 53.1 Å². The van der Waals surface area contributed by atoms with Crippen LogP contribution in [0.3, 0.4) is 0 Å². The van der Waals surface area contributed by atoms with E-state index < -0.39 is 12.1 Å². The summed E-state index contributed by atoms with van der Waals surface area (Å²) in [4.78, 5) is 13.6. The first-order chi connectivity index (χ1) is 16.5. The van der Waals surface area contributed by atoms with Crippen LogP contribution in [0.1, 0.15) is 57.5 Å². The molecule has 1 unspecified atom stereocenters. The van der Waals surface area contributed by atoms with E-state index in [1.54, 1.807) is 19.1 Å². The molecule has 0 aliphatic rings. The maximum absolute atomic E-state index is 11.3. The number of ether oxygens (including phenoxy) is 1. The molecule has 0 heterocycles. The summed E-state index contributed by atoms with van der Waals surface area (Å²) in [5.41, 5.74) is 6.55. The zero-order valence-corrected chi connectivity index (χ0v) is 21.6. The molecular weight excluding hydrogens is 438 g/mol. The standard InChI is InChI=1S/C30H37NO4/c1-7-31(8-2)27-15-13-24(18-26(27)30(4,5)6)25-17-23(14-16-28(25)35-19-20(3)32)21-9-11-22(12-10-21)29(33)34/h9-18,20,32H,7-8,19H2,1-6H3,(H,33,34). The van der Waals surface area contributed by atoms with Crippen molar-refractivity contribution in [1.29, 1.82) is 0 Å². The molecule has 0 aliphatic heterocycles. The van der Waals surface area contributed by atoms with Gasteiger partial charge in [-0.15, -0.1) is 0 Å². The fourth-order valence-corrected chi connectivity index (χ4v) is 4.22. The monoisotopic (exact) mass is 475 g/mol. The molecule has 0 bridgehead atoms. The molecule has 35 heavy (non-hydrogen) atoms. The first kappa shape index (κ1) is 26.3. The minimum Gasteiger partial charge on any atom is -0.490 e. The summed E-state index contributed by atoms with van der Waals surface area (Å²) in [6.07, 6.45) is -0.582. The lowest BCUT2D eigenvalue weighted by atomic mass is 9.83. The Morgan fingerprint density at radius 2 is 1.51 bits per heavy atom. The first-order valence-electron chi connectivity index (χ1n) is 12.2. The average Bonchev–Trinajstić information content (AvgIpc) is 2.83. The van der Waals surface area contributed by atoms with Gasteiger partial charge < -0.3 is 19.8 Å². The summed E-state index contributed by atoms with van der Waals surface area (Å²) in [5, 5.41) is 19.0. The van der Waals surface area contributed by atoms with E-state index in [-0.39, 0.29) is 17.6 Å². The van der Waals surface area contributed by atoms with Crippen LogP contribution in [0.25, 0.3) is 22.3 Å². The number of carboxylic acids is 1. The lowest BCUT2D eigenvalue weighted by molar-refractivity contribution is 0.0697. The van der Waals surface area contributed by atoms with Crippen molar-refractivity contribution in [2.24, 2.45) is 0 Å². The van der Waals surface area contributed by atoms with Gasteiger partial charge >= 0.3 is 5.97 Å². The summed E-state index contributed by atoms with van der Waals surface area (Å²) >= 11 is 0. The number of aliphatic hydroxyl groups excluding tert-OH is 1. The van der Waals surface area contributed by atoms with E-state index >= 15 is 0 Å². The normalized spacial score (nSPS) is 12.3. The summed E-state index contributed by atoms with van der Waals surface area (Å²) in [5.74, 6) is -0.241. The van der Waals surface area contributed by atoms with E-state index in [0.29, 0.717) is 5.75 Å². The average molecular weight is 476 g/mol. The van der Waals surface area contributed by atoms with Gasteiger partial charge in [0.2, 0.25) is 0 Å². The van der Waals surface area contributed by atoms with Crippen molar-refractivity contribution in [3.63, 3.8) is 0 Å². The highest BCUT2D eigenvalue weighted by atomic mass is 16.5. The Morgan fingerprint density at radius 1 is 0.914 bits per heavy atom. The predicted octanol–water partition coefficient (Wildman–Crippen LogP) is 6.62. The van der Waals surface area contributed by atoms with Gasteiger partial charge in [-0.3, -0.25) is 0 Å². The lowest BCUT2D eigenvalue weighted by Gasteiger charge is -2.31. The second kappa shape index (κ2) is 11.0. The van der Waals surface area contributed by atoms with Crippen molar-refractivity contribution in [3.8, 4) is 28.0 Å². The molecule has 0 saturated heterocycles. The summed E-state index contributed by atoms with van der Waals surface area (Å²) in [7, 11) is 0. The molecule has 0 spiro atoms. The van der Waals surface area contributed by atoms with Crippen LogP contribution in [0.15, 0.2) is 60.7 Å². The third kappa shape index (κ3) is 6.23. The topological polar surface area (TPSA) is 70.0 Å². The van der Waals surface area contributed by atoms with Crippen LogP contribution in [-0.4, -0.2) is 42.0 Å². The zero-order chi connectivity index (χ0) is 25.8. The van der Waals surface area contributed by atoms with Crippen LogP contribution in [0, 0.1) is 0 Å². The van der Waals surface area contributed by atoms with E-state index in [1.807, 2.05) is 24.3 Å². The molecule has 0 fully saturated rings. The Morgan fingerprint density at radius 3 is 2.06 bits per heavy atom. The molecule has 3 aromatic rings. The Balaban J connectivity index is 2.16. The van der Waals surface area contributed by atoms with Crippen LogP contribution in [-0.2, 0) is 5.41 Å². The summed E-state index contributed by atoms with van der Waals surface area (Å²) in [6.45, 7) is 14.8. The molecule has 5 nitrogen and oxygen atoms in total. The maximum Gasteiger partial charge on any atom is 0.335 e. The van der Waals surface area contributed by atoms with Crippen LogP contribution >= 0.6 is 0 Å². The number of anilines is 1. The number of aromatic carboxylic acids is 1. The number of carboxylic acid groups (broad SMARTS) is 1. The number of nitrogens with zero attached hydrogens (tertiary/aromatic N) is 1. The lowest BCUT2D eigenvalue weighted by Crippen LogP contribution is -2.26. The van der Waals surface area contributed by atoms with Gasteiger partial charge in [-0.05, 0) is 84.8 Å². The second-order valence-corrected chi connectivity index (χ2v) is 9.91. The fourth-order valence-electron chi connectivity index (χ4n) is 4.22. The third-order valence-electron chi connectivity index (χ3n) is 6.14. The zero-order valence-electron chi connectivity index (χ0n) is 21.6. The third-order valence-corrected chi connectivity index (χ3v) is 6.14. The van der Waals surface area contributed by atoms with Crippen LogP contribution in [0.5, 0.6) is 5.75 Å². The molecule has 1 atom stereocenters. The molecule has 0 amide bonds. The Bertz CT molecular complexity index is 1160. The van der Waals surface area contributed by atoms with E-state index in [4.69, 9.17) is 4.74 Å². The van der Waals surface area contributed by atoms with Crippen molar-refractivity contribution in [2.75, 3.05) is 24.6 Å². The van der Waals surface area contributed by atoms with Gasteiger partial charge in [0.1, 0.15) is 12.4 Å². The van der Waals surface area contributed by atoms with E-state index in [2.05, 4.69) is 63.8 Å². The number of rotatable bonds is 9. The molecule has 0 radical (unpaired) electrons. The van der Waals surface area contributed by atoms with Gasteiger partial charge in [-0.2, -0.15) is 0 Å². The van der Waals surface area contributed by atoms with Gasteiger partial charge in [-0.25, -0.2) is 4.79 Å². The minimum atomic E-state index is -0.942. The van der Waals surface area contributed by atoms with Crippen molar-refractivity contribution in [1.82, 2.24) is 0 Å². The Hall–Kier alpha value is -3.31. The molecule has 3 aromatic carbocycles. The Kier molecular flexibility index (Phi) is 8.23. The maximum atomic E-state index is 11.3. The first-order valence-corrected chi connectivity index (χ1v) is 12.2. The van der Waals surface area contributed by atoms with E-state index in [9.17, 15) is 15.0 Å². The van der Waals surface area contributed by atoms with Gasteiger partial charge in [0.05, 0.1) is 11.7 Å². The van der Waals surface area contributed by atoms with Crippen molar-refractivity contribution in [3.05, 3.63) is 71.8 Å². The fraction of sp³-hybridized carbons (Fsp3) is 0.367. The van der Waals surface area contributed by atoms with Crippen LogP contribution in [0.2, 0.25) is 0 Å². The number of hydrogen-bond acceptors (Lipinski definition) is 4. The summed E-state index contributed by atoms with van der Waals surface area (Å²) < 4.78 is 6.00. The number of aliphatic hydroxyl groups is 1. The molecule has 186 valence electrons. The summed E-state index contributed by atoms with van der Waals surface area (Å²) in [6, 6.07) is 19.4. The SMILES string of the molecule is CCN(CC)c1ccc(-c2cc(-c3ccc(C(=O)O)cc3)ccc2OCC(C)O)cc1C(C)(C)C. The second-order valence-electron chi connectivity index (χ2n) is 9.91. The molecule has 5 heteroatoms. The smallest absolute Gasteiger partial charge is 0.335 e. The van der Waals surface area contributed by atoms with Gasteiger partial charge in [-0.1, -0.05) is 45.0 Å². The molecule has 2 N–H and O–H groups in total. The molecule has 3 rings (SSSR count). The van der Waals surface area contributed by atoms with E-state index in [1.165, 1.54) is 11.3 Å². The predicted molar refractivity (Wildman–Crippen MR) is 144 cm³/mol. The largest absolute Gasteiger partial charge is 0.490 e. The molecule has 0 saturated carbocycles. The number of carbonyl (C=O) groups is 1. The molecule has 0 aliphatic carbocycles. The number of hydrogen-bond donors (Lipinski definition) is 2. The molecular formula is C30H37NO4. The highest BCUT2D eigenvalue weighted by Gasteiger charge is 2.22. The highest BCUT2D eigenvalue weighted by Crippen LogP contribution is 2.40. The van der Waals surface area contributed by atoms with Crippen molar-refractivity contribution >= 4 is 11.7 Å². The van der Waals surface area contributed by atoms with Gasteiger partial charge in [0.15, 0.2) is 0 Å². The van der Waals surface area contributed by atoms with Crippen LogP contribution in [0.4, 0.5) is 5.69 Å². The Labute approximate surface area is 209 Å². The van der Waals surface area contributed by atoms with Crippen LogP contribution < -0.4 is 9.64 Å². The van der Waals surface area contributed by atoms with Crippen molar-refractivity contribution < 1.29 is 19.7 Å². The minimum absolute atomic E-state index is 0.0567. The quantitative estimate of drug-likeness (QED) is 0.364. The molecule has 0 aromatic heterocycles. The van der Waals surface area contributed by atoms with Gasteiger partial charge in [0.25, 0.3) is 0 Å². The highest BCUT2D eigenvalue weighted by molar-refractivity contribution is 5.88. The van der Waals surface area contributed by atoms with E-state index in [0.717, 1.165) is 35.3 Å². The number of benzene rings is 3.